The van der Waals surface area contributed by atoms with Gasteiger partial charge in [-0.1, -0.05) is 48.5 Å². The highest BCUT2D eigenvalue weighted by Crippen LogP contribution is 2.28. The van der Waals surface area contributed by atoms with Crippen molar-refractivity contribution in [3.63, 3.8) is 0 Å². The van der Waals surface area contributed by atoms with E-state index < -0.39 is 11.6 Å². The maximum absolute atomic E-state index is 13.0. The molecule has 0 fully saturated rings. The van der Waals surface area contributed by atoms with Crippen LogP contribution in [0, 0.1) is 6.92 Å². The van der Waals surface area contributed by atoms with Crippen molar-refractivity contribution in [2.45, 2.75) is 20.1 Å². The minimum Gasteiger partial charge on any atom is -0.489 e. The predicted molar refractivity (Wildman–Crippen MR) is 123 cm³/mol. The molecule has 5 rings (SSSR count). The van der Waals surface area contributed by atoms with Crippen molar-refractivity contribution in [1.82, 2.24) is 0 Å². The lowest BCUT2D eigenvalue weighted by molar-refractivity contribution is 0.0436. The molecule has 3 aromatic carbocycles. The van der Waals surface area contributed by atoms with Crippen LogP contribution in [0.5, 0.6) is 5.75 Å². The zero-order chi connectivity index (χ0) is 22.8. The Balaban J connectivity index is 1.43. The van der Waals surface area contributed by atoms with Gasteiger partial charge in [0.1, 0.15) is 30.1 Å². The molecular formula is C27H20O6. The van der Waals surface area contributed by atoms with Crippen LogP contribution in [0.3, 0.4) is 0 Å². The molecule has 0 saturated heterocycles. The maximum Gasteiger partial charge on any atom is 0.375 e. The third kappa shape index (κ3) is 4.23. The Bertz CT molecular complexity index is 1510. The fraction of sp³-hybridized carbons (Fsp3) is 0.111. The summed E-state index contributed by atoms with van der Waals surface area (Å²) < 4.78 is 22.5. The number of hydrogen-bond donors (Lipinski definition) is 0. The first kappa shape index (κ1) is 20.6. The van der Waals surface area contributed by atoms with E-state index in [9.17, 15) is 9.59 Å². The molecule has 0 atom stereocenters. The summed E-state index contributed by atoms with van der Waals surface area (Å²) in [7, 11) is 0. The summed E-state index contributed by atoms with van der Waals surface area (Å²) in [4.78, 5) is 25.0. The standard InChI is InChI=1S/C27H20O6/c1-17-11-12-20-18(14-25(28)32-24(20)13-17)15-31-27(29)26-22(16-30-19-7-3-2-4-8-19)21-9-5-6-10-23(21)33-26/h2-14H,15-16H2,1H3. The number of rotatable bonds is 6. The molecule has 0 bridgehead atoms. The Morgan fingerprint density at radius 3 is 2.45 bits per heavy atom. The summed E-state index contributed by atoms with van der Waals surface area (Å²) in [5, 5.41) is 1.49. The number of carbonyl (C=O) groups excluding carboxylic acids is 1. The fourth-order valence-corrected chi connectivity index (χ4v) is 3.74. The van der Waals surface area contributed by atoms with E-state index in [2.05, 4.69) is 0 Å². The largest absolute Gasteiger partial charge is 0.489 e. The molecular weight excluding hydrogens is 420 g/mol. The zero-order valence-corrected chi connectivity index (χ0v) is 17.9. The number of ether oxygens (including phenoxy) is 2. The molecule has 0 aliphatic carbocycles. The van der Waals surface area contributed by atoms with Crippen LogP contribution in [-0.4, -0.2) is 5.97 Å². The van der Waals surface area contributed by atoms with Gasteiger partial charge in [-0.25, -0.2) is 9.59 Å². The van der Waals surface area contributed by atoms with Gasteiger partial charge in [-0.2, -0.15) is 0 Å². The minimum absolute atomic E-state index is 0.0789. The number of furan rings is 1. The molecule has 0 unspecified atom stereocenters. The molecule has 6 heteroatoms. The molecule has 6 nitrogen and oxygen atoms in total. The molecule has 5 aromatic rings. The molecule has 0 aliphatic heterocycles. The van der Waals surface area contributed by atoms with Crippen LogP contribution >= 0.6 is 0 Å². The summed E-state index contributed by atoms with van der Waals surface area (Å²) in [6.45, 7) is 1.95. The lowest BCUT2D eigenvalue weighted by Gasteiger charge is -2.09. The average Bonchev–Trinajstić information content (AvgIpc) is 3.20. The second-order valence-corrected chi connectivity index (χ2v) is 7.67. The van der Waals surface area contributed by atoms with Crippen molar-refractivity contribution in [1.29, 1.82) is 0 Å². The van der Waals surface area contributed by atoms with Gasteiger partial charge >= 0.3 is 11.6 Å². The first-order valence-corrected chi connectivity index (χ1v) is 10.5. The van der Waals surface area contributed by atoms with E-state index in [-0.39, 0.29) is 19.0 Å². The van der Waals surface area contributed by atoms with Crippen LogP contribution in [0.25, 0.3) is 21.9 Å². The predicted octanol–water partition coefficient (Wildman–Crippen LogP) is 5.78. The monoisotopic (exact) mass is 440 g/mol. The summed E-state index contributed by atoms with van der Waals surface area (Å²) in [5.41, 5.74) is 2.65. The second kappa shape index (κ2) is 8.67. The summed E-state index contributed by atoms with van der Waals surface area (Å²) in [6, 6.07) is 23.6. The first-order chi connectivity index (χ1) is 16.1. The van der Waals surface area contributed by atoms with E-state index in [1.807, 2.05) is 67.6 Å². The molecule has 0 amide bonds. The van der Waals surface area contributed by atoms with E-state index >= 15 is 0 Å². The highest BCUT2D eigenvalue weighted by molar-refractivity contribution is 5.96. The zero-order valence-electron chi connectivity index (χ0n) is 17.9. The van der Waals surface area contributed by atoms with Crippen molar-refractivity contribution in [2.75, 3.05) is 0 Å². The van der Waals surface area contributed by atoms with E-state index in [1.54, 1.807) is 12.1 Å². The van der Waals surface area contributed by atoms with Gasteiger partial charge in [0.15, 0.2) is 0 Å². The lowest BCUT2D eigenvalue weighted by Crippen LogP contribution is -2.10. The Morgan fingerprint density at radius 1 is 0.818 bits per heavy atom. The van der Waals surface area contributed by atoms with Gasteiger partial charge in [0.25, 0.3) is 0 Å². The van der Waals surface area contributed by atoms with E-state index in [0.717, 1.165) is 10.9 Å². The number of hydrogen-bond acceptors (Lipinski definition) is 6. The Labute approximate surface area is 189 Å². The number of carbonyl (C=O) groups is 1. The SMILES string of the molecule is Cc1ccc2c(COC(=O)c3oc4ccccc4c3COc3ccccc3)cc(=O)oc2c1. The third-order valence-corrected chi connectivity index (χ3v) is 5.35. The van der Waals surface area contributed by atoms with E-state index in [1.165, 1.54) is 6.07 Å². The Kier molecular flexibility index (Phi) is 5.40. The molecule has 0 radical (unpaired) electrons. The molecule has 0 aliphatic rings. The molecule has 0 N–H and O–H groups in total. The fourth-order valence-electron chi connectivity index (χ4n) is 3.74. The van der Waals surface area contributed by atoms with Crippen LogP contribution in [-0.2, 0) is 18.0 Å². The number of fused-ring (bicyclic) bond motifs is 2. The maximum atomic E-state index is 13.0. The van der Waals surface area contributed by atoms with Crippen molar-refractivity contribution in [3.05, 3.63) is 112 Å². The van der Waals surface area contributed by atoms with Crippen LogP contribution in [0.15, 0.2) is 92.5 Å². The first-order valence-electron chi connectivity index (χ1n) is 10.5. The highest BCUT2D eigenvalue weighted by Gasteiger charge is 2.23. The van der Waals surface area contributed by atoms with Gasteiger partial charge in [-0.15, -0.1) is 0 Å². The van der Waals surface area contributed by atoms with Gasteiger partial charge in [0, 0.05) is 22.4 Å². The van der Waals surface area contributed by atoms with Crippen LogP contribution < -0.4 is 10.4 Å². The van der Waals surface area contributed by atoms with Crippen molar-refractivity contribution < 1.29 is 23.1 Å². The number of benzene rings is 3. The van der Waals surface area contributed by atoms with Crippen molar-refractivity contribution >= 4 is 27.9 Å². The van der Waals surface area contributed by atoms with Crippen LogP contribution in [0.1, 0.15) is 27.2 Å². The molecule has 164 valence electrons. The van der Waals surface area contributed by atoms with Crippen molar-refractivity contribution in [2.24, 2.45) is 0 Å². The van der Waals surface area contributed by atoms with E-state index in [0.29, 0.717) is 33.4 Å². The van der Waals surface area contributed by atoms with Gasteiger partial charge in [0.05, 0.1) is 5.56 Å². The van der Waals surface area contributed by atoms with Crippen molar-refractivity contribution in [3.8, 4) is 5.75 Å². The summed E-state index contributed by atoms with van der Waals surface area (Å²) in [5.74, 6) is 0.126. The van der Waals surface area contributed by atoms with E-state index in [4.69, 9.17) is 18.3 Å². The van der Waals surface area contributed by atoms with Gasteiger partial charge in [-0.3, -0.25) is 0 Å². The summed E-state index contributed by atoms with van der Waals surface area (Å²) >= 11 is 0. The number of para-hydroxylation sites is 2. The minimum atomic E-state index is -0.633. The quantitative estimate of drug-likeness (QED) is 0.246. The molecule has 33 heavy (non-hydrogen) atoms. The van der Waals surface area contributed by atoms with Gasteiger partial charge in [0.2, 0.25) is 5.76 Å². The highest BCUT2D eigenvalue weighted by atomic mass is 16.5. The lowest BCUT2D eigenvalue weighted by atomic mass is 10.1. The Hall–Kier alpha value is -4.32. The Morgan fingerprint density at radius 2 is 1.61 bits per heavy atom. The smallest absolute Gasteiger partial charge is 0.375 e. The van der Waals surface area contributed by atoms with Crippen LogP contribution in [0.4, 0.5) is 0 Å². The van der Waals surface area contributed by atoms with Gasteiger partial charge in [-0.05, 0) is 36.8 Å². The number of aryl methyl sites for hydroxylation is 1. The molecule has 0 spiro atoms. The second-order valence-electron chi connectivity index (χ2n) is 7.67. The third-order valence-electron chi connectivity index (χ3n) is 5.35. The number of esters is 1. The summed E-state index contributed by atoms with van der Waals surface area (Å²) in [6.07, 6.45) is 0. The topological polar surface area (TPSA) is 78.9 Å². The normalized spacial score (nSPS) is 11.1. The average molecular weight is 440 g/mol. The molecule has 0 saturated carbocycles. The van der Waals surface area contributed by atoms with Crippen LogP contribution in [0.2, 0.25) is 0 Å². The van der Waals surface area contributed by atoms with Gasteiger partial charge < -0.3 is 18.3 Å². The molecule has 2 aromatic heterocycles. The molecule has 2 heterocycles.